The van der Waals surface area contributed by atoms with Gasteiger partial charge in [-0.25, -0.2) is 0 Å². The van der Waals surface area contributed by atoms with Crippen LogP contribution in [-0.2, 0) is 16.0 Å². The fourth-order valence-corrected chi connectivity index (χ4v) is 3.38. The summed E-state index contributed by atoms with van der Waals surface area (Å²) in [4.78, 5) is 14.3. The molecule has 3 rings (SSSR count). The monoisotopic (exact) mass is 343 g/mol. The van der Waals surface area contributed by atoms with Crippen molar-refractivity contribution in [3.63, 3.8) is 0 Å². The molecule has 1 aliphatic heterocycles. The number of benzene rings is 1. The molecule has 2 aromatic rings. The second kappa shape index (κ2) is 8.22. The van der Waals surface area contributed by atoms with Crippen LogP contribution in [0.5, 0.6) is 0 Å². The molecule has 7 heteroatoms. The number of aryl methyl sites for hydroxylation is 1. The molecular weight excluding hydrogens is 318 g/mol. The highest BCUT2D eigenvalue weighted by atomic mass is 16.5. The molecule has 1 amide bonds. The van der Waals surface area contributed by atoms with Crippen molar-refractivity contribution in [2.24, 2.45) is 0 Å². The van der Waals surface area contributed by atoms with Crippen molar-refractivity contribution in [1.82, 2.24) is 25.6 Å². The Morgan fingerprint density at radius 3 is 2.96 bits per heavy atom. The lowest BCUT2D eigenvalue weighted by Gasteiger charge is -2.15. The minimum atomic E-state index is 0.0323. The SMILES string of the molecule is CO[C@@H]1CN(CC(=O)NCCc2ccccc2C)C[C@H]1c1cn[nH]n1. The van der Waals surface area contributed by atoms with Crippen molar-refractivity contribution in [2.45, 2.75) is 25.4 Å². The average molecular weight is 343 g/mol. The summed E-state index contributed by atoms with van der Waals surface area (Å²) in [5.41, 5.74) is 3.42. The number of aromatic nitrogens is 3. The molecule has 7 nitrogen and oxygen atoms in total. The van der Waals surface area contributed by atoms with Gasteiger partial charge in [0.2, 0.25) is 5.91 Å². The standard InChI is InChI=1S/C18H25N5O2/c1-13-5-3-4-6-14(13)7-8-19-18(24)12-23-10-15(17(11-23)25-2)16-9-20-22-21-16/h3-6,9,15,17H,7-8,10-12H2,1-2H3,(H,19,24)(H,20,21,22)/t15-,17+/m0/s1. The van der Waals surface area contributed by atoms with Crippen molar-refractivity contribution in [1.29, 1.82) is 0 Å². The molecule has 25 heavy (non-hydrogen) atoms. The largest absolute Gasteiger partial charge is 0.379 e. The van der Waals surface area contributed by atoms with E-state index in [1.165, 1.54) is 11.1 Å². The summed E-state index contributed by atoms with van der Waals surface area (Å²) in [5.74, 6) is 0.188. The minimum Gasteiger partial charge on any atom is -0.379 e. The van der Waals surface area contributed by atoms with Gasteiger partial charge in [-0.15, -0.1) is 0 Å². The van der Waals surface area contributed by atoms with Gasteiger partial charge in [0.05, 0.1) is 24.5 Å². The van der Waals surface area contributed by atoms with E-state index >= 15 is 0 Å². The molecule has 1 aromatic carbocycles. The Morgan fingerprint density at radius 1 is 1.40 bits per heavy atom. The zero-order valence-corrected chi connectivity index (χ0v) is 14.7. The zero-order chi connectivity index (χ0) is 17.6. The summed E-state index contributed by atoms with van der Waals surface area (Å²) in [6.45, 7) is 4.59. The highest BCUT2D eigenvalue weighted by Gasteiger charge is 2.36. The van der Waals surface area contributed by atoms with Gasteiger partial charge in [-0.05, 0) is 24.5 Å². The number of rotatable bonds is 7. The molecule has 0 aliphatic carbocycles. The zero-order valence-electron chi connectivity index (χ0n) is 14.7. The van der Waals surface area contributed by atoms with E-state index in [1.54, 1.807) is 13.3 Å². The smallest absolute Gasteiger partial charge is 0.234 e. The van der Waals surface area contributed by atoms with Crippen molar-refractivity contribution < 1.29 is 9.53 Å². The number of ether oxygens (including phenoxy) is 1. The van der Waals surface area contributed by atoms with Gasteiger partial charge in [0.15, 0.2) is 0 Å². The fraction of sp³-hybridized carbons (Fsp3) is 0.500. The maximum absolute atomic E-state index is 12.2. The first-order valence-electron chi connectivity index (χ1n) is 8.59. The molecule has 0 radical (unpaired) electrons. The van der Waals surface area contributed by atoms with Crippen molar-refractivity contribution >= 4 is 5.91 Å². The number of aromatic amines is 1. The first kappa shape index (κ1) is 17.6. The lowest BCUT2D eigenvalue weighted by molar-refractivity contribution is -0.122. The summed E-state index contributed by atoms with van der Waals surface area (Å²) in [5, 5.41) is 13.7. The predicted octanol–water partition coefficient (Wildman–Crippen LogP) is 0.886. The molecule has 0 saturated carbocycles. The van der Waals surface area contributed by atoms with Crippen LogP contribution in [0.1, 0.15) is 22.7 Å². The predicted molar refractivity (Wildman–Crippen MR) is 94.3 cm³/mol. The number of nitrogens with zero attached hydrogens (tertiary/aromatic N) is 3. The van der Waals surface area contributed by atoms with Gasteiger partial charge >= 0.3 is 0 Å². The summed E-state index contributed by atoms with van der Waals surface area (Å²) >= 11 is 0. The molecule has 2 atom stereocenters. The first-order chi connectivity index (χ1) is 12.2. The molecule has 1 aliphatic rings. The number of hydrogen-bond acceptors (Lipinski definition) is 5. The Bertz CT molecular complexity index is 689. The highest BCUT2D eigenvalue weighted by molar-refractivity contribution is 5.78. The molecule has 0 unspecified atom stereocenters. The fourth-order valence-electron chi connectivity index (χ4n) is 3.38. The van der Waals surface area contributed by atoms with Crippen LogP contribution >= 0.6 is 0 Å². The summed E-state index contributed by atoms with van der Waals surface area (Å²) in [6.07, 6.45) is 2.60. The molecule has 1 aromatic heterocycles. The molecule has 134 valence electrons. The van der Waals surface area contributed by atoms with Crippen molar-refractivity contribution in [3.8, 4) is 0 Å². The third kappa shape index (κ3) is 4.43. The van der Waals surface area contributed by atoms with E-state index in [0.717, 1.165) is 25.2 Å². The Labute approximate surface area is 147 Å². The average Bonchev–Trinajstić information content (AvgIpc) is 3.25. The van der Waals surface area contributed by atoms with Crippen LogP contribution in [-0.4, -0.2) is 65.6 Å². The molecule has 1 saturated heterocycles. The van der Waals surface area contributed by atoms with E-state index in [-0.39, 0.29) is 17.9 Å². The second-order valence-corrected chi connectivity index (χ2v) is 6.50. The lowest BCUT2D eigenvalue weighted by atomic mass is 10.0. The number of H-pyrrole nitrogens is 1. The normalized spacial score (nSPS) is 20.7. The maximum atomic E-state index is 12.2. The van der Waals surface area contributed by atoms with Gasteiger partial charge in [0, 0.05) is 32.7 Å². The van der Waals surface area contributed by atoms with E-state index in [4.69, 9.17) is 4.74 Å². The highest BCUT2D eigenvalue weighted by Crippen LogP contribution is 2.27. The van der Waals surface area contributed by atoms with Crippen LogP contribution in [0.2, 0.25) is 0 Å². The Kier molecular flexibility index (Phi) is 5.78. The van der Waals surface area contributed by atoms with Gasteiger partial charge in [0.1, 0.15) is 0 Å². The van der Waals surface area contributed by atoms with Crippen LogP contribution in [0.4, 0.5) is 0 Å². The van der Waals surface area contributed by atoms with Crippen molar-refractivity contribution in [2.75, 3.05) is 33.3 Å². The number of methoxy groups -OCH3 is 1. The first-order valence-corrected chi connectivity index (χ1v) is 8.59. The third-order valence-electron chi connectivity index (χ3n) is 4.80. The van der Waals surface area contributed by atoms with E-state index in [9.17, 15) is 4.79 Å². The van der Waals surface area contributed by atoms with Crippen LogP contribution in [0.25, 0.3) is 0 Å². The van der Waals surface area contributed by atoms with E-state index < -0.39 is 0 Å². The maximum Gasteiger partial charge on any atom is 0.234 e. The van der Waals surface area contributed by atoms with Gasteiger partial charge in [-0.3, -0.25) is 9.69 Å². The quantitative estimate of drug-likeness (QED) is 0.780. The molecule has 1 fully saturated rings. The van der Waals surface area contributed by atoms with Crippen LogP contribution in [0.3, 0.4) is 0 Å². The summed E-state index contributed by atoms with van der Waals surface area (Å²) in [6, 6.07) is 8.26. The number of carbonyl (C=O) groups excluding carboxylic acids is 1. The number of amides is 1. The molecule has 2 heterocycles. The number of hydrogen-bond donors (Lipinski definition) is 2. The van der Waals surface area contributed by atoms with Crippen molar-refractivity contribution in [3.05, 3.63) is 47.3 Å². The van der Waals surface area contributed by atoms with Gasteiger partial charge in [0.25, 0.3) is 0 Å². The number of nitrogens with one attached hydrogen (secondary N) is 2. The topological polar surface area (TPSA) is 83.1 Å². The Balaban J connectivity index is 1.46. The van der Waals surface area contributed by atoms with Crippen LogP contribution < -0.4 is 5.32 Å². The Hall–Kier alpha value is -2.25. The second-order valence-electron chi connectivity index (χ2n) is 6.50. The van der Waals surface area contributed by atoms with Gasteiger partial charge in [-0.1, -0.05) is 24.3 Å². The lowest BCUT2D eigenvalue weighted by Crippen LogP contribution is -2.37. The number of carbonyl (C=O) groups is 1. The van der Waals surface area contributed by atoms with Gasteiger partial charge < -0.3 is 10.1 Å². The van der Waals surface area contributed by atoms with E-state index in [2.05, 4.69) is 44.7 Å². The van der Waals surface area contributed by atoms with Gasteiger partial charge in [-0.2, -0.15) is 15.4 Å². The molecule has 2 N–H and O–H groups in total. The minimum absolute atomic E-state index is 0.0323. The molecular formula is C18H25N5O2. The summed E-state index contributed by atoms with van der Waals surface area (Å²) < 4.78 is 5.56. The molecule has 0 bridgehead atoms. The Morgan fingerprint density at radius 2 is 2.24 bits per heavy atom. The van der Waals surface area contributed by atoms with E-state index in [0.29, 0.717) is 13.1 Å². The summed E-state index contributed by atoms with van der Waals surface area (Å²) in [7, 11) is 1.70. The van der Waals surface area contributed by atoms with E-state index in [1.807, 2.05) is 12.1 Å². The van der Waals surface area contributed by atoms with Crippen LogP contribution in [0, 0.1) is 6.92 Å². The third-order valence-corrected chi connectivity index (χ3v) is 4.80. The molecule has 0 spiro atoms. The number of likely N-dealkylation sites (tertiary alicyclic amines) is 1. The van der Waals surface area contributed by atoms with Crippen LogP contribution in [0.15, 0.2) is 30.5 Å².